The lowest BCUT2D eigenvalue weighted by Crippen LogP contribution is -2.81. The van der Waals surface area contributed by atoms with Gasteiger partial charge in [0.25, 0.3) is 11.5 Å². The number of aromatic nitrogens is 1. The van der Waals surface area contributed by atoms with Gasteiger partial charge < -0.3 is 0 Å². The molecule has 0 amide bonds. The Morgan fingerprint density at radius 3 is 0.944 bits per heavy atom. The summed E-state index contributed by atoms with van der Waals surface area (Å²) in [6.07, 6.45) is -5.40. The maximum Gasteiger partial charge on any atom is 0.261 e. The molecule has 0 aliphatic carbocycles. The number of pyridine rings is 1. The second-order valence-electron chi connectivity index (χ2n) is 15.2. The predicted molar refractivity (Wildman–Crippen MR) is 214 cm³/mol. The van der Waals surface area contributed by atoms with Crippen LogP contribution < -0.4 is 26.4 Å². The monoisotopic (exact) mass is 1030 g/mol. The summed E-state index contributed by atoms with van der Waals surface area (Å²) in [4.78, 5) is 26.0. The van der Waals surface area contributed by atoms with Gasteiger partial charge >= 0.3 is 0 Å². The summed E-state index contributed by atoms with van der Waals surface area (Å²) < 4.78 is 296. The van der Waals surface area contributed by atoms with Crippen LogP contribution >= 0.6 is 0 Å². The van der Waals surface area contributed by atoms with Gasteiger partial charge in [0.05, 0.1) is 5.39 Å². The minimum absolute atomic E-state index is 0.0296. The molecule has 0 N–H and O–H groups in total. The number of nitrogens with zero attached hydrogens (tertiary/aromatic N) is 1. The first-order valence-electron chi connectivity index (χ1n) is 19.8. The first kappa shape index (κ1) is 51.8. The van der Waals surface area contributed by atoms with Crippen LogP contribution in [0.25, 0.3) is 10.8 Å². The third-order valence-electron chi connectivity index (χ3n) is 11.3. The van der Waals surface area contributed by atoms with Gasteiger partial charge in [-0.25, -0.2) is 87.8 Å². The van der Waals surface area contributed by atoms with Crippen LogP contribution in [0.1, 0.15) is 26.4 Å². The SMILES string of the molecule is Fc1c(F)c(F)c([B-](c2c(F)c(F)c(F)c(F)c2F)(c2c(F)c(F)c(F)c(F)c2F)c2c(F)c(F)c(F)c(F)c2F)c(F)c1F.O=C(C[n+]1ccc2ccccc2c1C(=O)c1ccccc1)c1ccccc1. The zero-order chi connectivity index (χ0) is 53.0. The fourth-order valence-corrected chi connectivity index (χ4v) is 8.11. The summed E-state index contributed by atoms with van der Waals surface area (Å²) in [5.41, 5.74) is -12.6. The highest BCUT2D eigenvalue weighted by Gasteiger charge is 2.52. The van der Waals surface area contributed by atoms with Crippen molar-refractivity contribution in [3.8, 4) is 0 Å². The first-order valence-corrected chi connectivity index (χ1v) is 19.8. The molecule has 0 saturated carbocycles. The first-order chi connectivity index (χ1) is 33.9. The maximum atomic E-state index is 15.4. The van der Waals surface area contributed by atoms with Gasteiger partial charge in [0, 0.05) is 17.2 Å². The lowest BCUT2D eigenvalue weighted by atomic mass is 9.12. The van der Waals surface area contributed by atoms with Crippen molar-refractivity contribution in [2.45, 2.75) is 6.54 Å². The molecular formula is C48H18BF20NO2. The third-order valence-corrected chi connectivity index (χ3v) is 11.3. The Kier molecular flexibility index (Phi) is 14.1. The molecule has 7 aromatic carbocycles. The van der Waals surface area contributed by atoms with Crippen LogP contribution in [0.5, 0.6) is 0 Å². The number of rotatable bonds is 9. The van der Waals surface area contributed by atoms with E-state index in [4.69, 9.17) is 0 Å². The number of ketones is 2. The number of benzene rings is 7. The van der Waals surface area contributed by atoms with Crippen molar-refractivity contribution in [3.05, 3.63) is 230 Å². The Labute approximate surface area is 388 Å². The van der Waals surface area contributed by atoms with E-state index in [2.05, 4.69) is 0 Å². The fourth-order valence-electron chi connectivity index (χ4n) is 8.11. The Hall–Kier alpha value is -8.05. The molecule has 0 aliphatic rings. The Morgan fingerprint density at radius 2 is 0.611 bits per heavy atom. The molecule has 8 aromatic rings. The zero-order valence-corrected chi connectivity index (χ0v) is 34.8. The van der Waals surface area contributed by atoms with Crippen molar-refractivity contribution >= 4 is 50.3 Å². The molecule has 0 fully saturated rings. The number of carbonyl (C=O) groups excluding carboxylic acids is 2. The highest BCUT2D eigenvalue weighted by atomic mass is 19.2. The number of hydrogen-bond donors (Lipinski definition) is 0. The number of Topliss-reactive ketones (excluding diaryl/α,β-unsaturated/α-hetero) is 1. The topological polar surface area (TPSA) is 38.0 Å². The van der Waals surface area contributed by atoms with E-state index in [1.807, 2.05) is 72.9 Å². The van der Waals surface area contributed by atoms with E-state index in [9.17, 15) is 62.3 Å². The zero-order valence-electron chi connectivity index (χ0n) is 34.8. The molecule has 0 unspecified atom stereocenters. The molecule has 0 saturated heterocycles. The van der Waals surface area contributed by atoms with Gasteiger partial charge in [0.1, 0.15) is 52.7 Å². The molecule has 0 spiro atoms. The molecule has 0 radical (unpaired) electrons. The summed E-state index contributed by atoms with van der Waals surface area (Å²) >= 11 is 0. The molecule has 0 aliphatic heterocycles. The molecule has 1 heterocycles. The number of halogens is 20. The second-order valence-corrected chi connectivity index (χ2v) is 15.2. The number of carbonyl (C=O) groups is 2. The smallest absolute Gasteiger partial charge is 0.261 e. The second kappa shape index (κ2) is 19.6. The Bertz CT molecular complexity index is 3160. The van der Waals surface area contributed by atoms with Crippen LogP contribution in [-0.4, -0.2) is 17.7 Å². The average molecular weight is 1030 g/mol. The largest absolute Gasteiger partial charge is 0.287 e. The van der Waals surface area contributed by atoms with Crippen LogP contribution in [0.3, 0.4) is 0 Å². The molecule has 24 heteroatoms. The van der Waals surface area contributed by atoms with E-state index in [0.29, 0.717) is 16.8 Å². The van der Waals surface area contributed by atoms with E-state index in [-0.39, 0.29) is 18.1 Å². The molecule has 1 aromatic heterocycles. The van der Waals surface area contributed by atoms with E-state index in [0.717, 1.165) is 10.8 Å². The van der Waals surface area contributed by atoms with Gasteiger partial charge in [0.15, 0.2) is 76.0 Å². The summed E-state index contributed by atoms with van der Waals surface area (Å²) in [7, 11) is 0. The van der Waals surface area contributed by atoms with Gasteiger partial charge in [-0.1, -0.05) is 78.9 Å². The van der Waals surface area contributed by atoms with Gasteiger partial charge in [0.2, 0.25) is 12.3 Å². The van der Waals surface area contributed by atoms with Crippen molar-refractivity contribution in [2.75, 3.05) is 0 Å². The van der Waals surface area contributed by atoms with E-state index >= 15 is 35.1 Å². The summed E-state index contributed by atoms with van der Waals surface area (Å²) in [5.74, 6) is -71.5. The van der Waals surface area contributed by atoms with E-state index < -0.39 is 144 Å². The quantitative estimate of drug-likeness (QED) is 0.0361. The van der Waals surface area contributed by atoms with E-state index in [1.165, 1.54) is 0 Å². The summed E-state index contributed by atoms with van der Waals surface area (Å²) in [5, 5.41) is 1.81. The van der Waals surface area contributed by atoms with Crippen molar-refractivity contribution in [1.29, 1.82) is 0 Å². The minimum Gasteiger partial charge on any atom is -0.287 e. The average Bonchev–Trinajstić information content (AvgIpc) is 3.38. The highest BCUT2D eigenvalue weighted by molar-refractivity contribution is 7.20. The summed E-state index contributed by atoms with van der Waals surface area (Å²) in [6.45, 7) is 0.114. The van der Waals surface area contributed by atoms with Crippen molar-refractivity contribution in [1.82, 2.24) is 0 Å². The van der Waals surface area contributed by atoms with Crippen LogP contribution in [0.2, 0.25) is 0 Å². The van der Waals surface area contributed by atoms with Crippen molar-refractivity contribution in [3.63, 3.8) is 0 Å². The molecular weight excluding hydrogens is 1010 g/mol. The van der Waals surface area contributed by atoms with Gasteiger partial charge in [-0.2, -0.15) is 4.57 Å². The van der Waals surface area contributed by atoms with Gasteiger partial charge in [-0.3, -0.25) is 9.59 Å². The van der Waals surface area contributed by atoms with Crippen molar-refractivity contribution < 1.29 is 102 Å². The van der Waals surface area contributed by atoms with E-state index in [1.54, 1.807) is 28.8 Å². The normalized spacial score (nSPS) is 11.5. The number of hydrogen-bond acceptors (Lipinski definition) is 2. The molecule has 72 heavy (non-hydrogen) atoms. The van der Waals surface area contributed by atoms with Gasteiger partial charge in [-0.05, 0) is 11.5 Å². The molecule has 8 rings (SSSR count). The Balaban J connectivity index is 0.000000238. The third kappa shape index (κ3) is 8.16. The number of fused-ring (bicyclic) bond motifs is 1. The highest BCUT2D eigenvalue weighted by Crippen LogP contribution is 2.31. The Morgan fingerprint density at radius 1 is 0.333 bits per heavy atom. The lowest BCUT2D eigenvalue weighted by Gasteiger charge is -2.44. The van der Waals surface area contributed by atoms with Crippen LogP contribution in [0.4, 0.5) is 87.8 Å². The minimum atomic E-state index is -7.22. The molecule has 370 valence electrons. The maximum absolute atomic E-state index is 15.4. The standard InChI is InChI=1S/C24BF20.C24H18NO2/c26-5-1(6(27)14(35)21(42)13(5)34)25(2-7(28)15(36)22(43)16(37)8(2)29,3-9(30)17(38)23(44)18(39)10(3)31)4-11(32)19(40)24(45)20(41)12(4)33;26-22(19-10-3-1-4-11-19)17-25-16-15-18-9-7-8-14-21(18)23(25)24(27)20-12-5-2-6-13-20/h;1-16H,17H2/q-1;+1. The van der Waals surface area contributed by atoms with Crippen molar-refractivity contribution in [2.24, 2.45) is 0 Å². The lowest BCUT2D eigenvalue weighted by molar-refractivity contribution is -0.683. The van der Waals surface area contributed by atoms with Crippen LogP contribution in [0, 0.1) is 116 Å². The summed E-state index contributed by atoms with van der Waals surface area (Å²) in [6, 6.07) is 28.0. The van der Waals surface area contributed by atoms with Gasteiger partial charge in [-0.15, -0.1) is 21.9 Å². The van der Waals surface area contributed by atoms with Crippen LogP contribution in [0.15, 0.2) is 97.2 Å². The molecule has 0 bridgehead atoms. The molecule has 0 atom stereocenters. The van der Waals surface area contributed by atoms with Crippen LogP contribution in [-0.2, 0) is 6.54 Å². The molecule has 3 nitrogen and oxygen atoms in total. The fraction of sp³-hybridized carbons (Fsp3) is 0.0208. The predicted octanol–water partition coefficient (Wildman–Crippen LogP) is 10.1.